The summed E-state index contributed by atoms with van der Waals surface area (Å²) in [5.41, 5.74) is 0. The lowest BCUT2D eigenvalue weighted by Gasteiger charge is -2.50. The van der Waals surface area contributed by atoms with E-state index >= 15 is 0 Å². The van der Waals surface area contributed by atoms with Crippen molar-refractivity contribution in [2.45, 2.75) is 142 Å². The van der Waals surface area contributed by atoms with Gasteiger partial charge in [-0.05, 0) is 0 Å². The lowest BCUT2D eigenvalue weighted by atomic mass is 9.91. The molecule has 4 aliphatic rings. The van der Waals surface area contributed by atoms with E-state index in [1.165, 1.54) is 0 Å². The van der Waals surface area contributed by atoms with Crippen molar-refractivity contribution in [3.63, 3.8) is 0 Å². The van der Waals surface area contributed by atoms with Gasteiger partial charge in [-0.25, -0.2) is 9.36 Å². The number of rotatable bonds is 16. The molecule has 4 rings (SSSR count). The Morgan fingerprint density at radius 2 is 1.24 bits per heavy atom. The van der Waals surface area contributed by atoms with Crippen molar-refractivity contribution in [2.24, 2.45) is 0 Å². The van der Waals surface area contributed by atoms with Crippen LogP contribution in [-0.4, -0.2) is 248 Å². The third-order valence-corrected chi connectivity index (χ3v) is 10.3. The van der Waals surface area contributed by atoms with E-state index in [9.17, 15) is 95.4 Å². The number of ether oxygens (including phenoxy) is 7. The lowest BCUT2D eigenvalue weighted by molar-refractivity contribution is -0.390. The van der Waals surface area contributed by atoms with E-state index in [0.29, 0.717) is 0 Å². The topological polar surface area (TPSA) is 461 Å². The Morgan fingerprint density at radius 3 is 1.78 bits per heavy atom. The number of carbonyl (C=O) groups is 2. The average molecular weight is 876 g/mol. The fraction of sp³-hybridized carbons (Fsp3) is 0.931. The number of aliphatic hydroxyl groups excluding tert-OH is 12. The molecule has 0 spiro atoms. The van der Waals surface area contributed by atoms with Gasteiger partial charge in [0.15, 0.2) is 18.9 Å². The highest BCUT2D eigenvalue weighted by Crippen LogP contribution is 2.45. The van der Waals surface area contributed by atoms with Crippen LogP contribution in [0.1, 0.15) is 13.3 Å². The molecule has 29 heteroatoms. The molecule has 0 aromatic carbocycles. The smallest absolute Gasteiger partial charge is 0.469 e. The molecule has 0 aliphatic carbocycles. The first-order valence-corrected chi connectivity index (χ1v) is 19.0. The molecule has 4 heterocycles. The second kappa shape index (κ2) is 20.0. The molecule has 21 atom stereocenters. The van der Waals surface area contributed by atoms with Crippen LogP contribution in [0.2, 0.25) is 0 Å². The Kier molecular flexibility index (Phi) is 16.8. The number of carbonyl (C=O) groups excluding carboxylic acids is 1. The first-order valence-electron chi connectivity index (χ1n) is 17.5. The fourth-order valence-electron chi connectivity index (χ4n) is 6.84. The molecular formula is C29H50NO27P. The lowest BCUT2D eigenvalue weighted by Crippen LogP contribution is -2.69. The Labute approximate surface area is 326 Å². The summed E-state index contributed by atoms with van der Waals surface area (Å²) < 4.78 is 55.0. The molecule has 4 fully saturated rings. The average Bonchev–Trinajstić information content (AvgIpc) is 3.15. The van der Waals surface area contributed by atoms with Gasteiger partial charge in [-0.3, -0.25) is 9.32 Å². The monoisotopic (exact) mass is 875 g/mol. The van der Waals surface area contributed by atoms with Gasteiger partial charge < -0.3 is 120 Å². The molecule has 0 bridgehead atoms. The van der Waals surface area contributed by atoms with Crippen LogP contribution < -0.4 is 5.32 Å². The maximum absolute atomic E-state index is 11.9. The van der Waals surface area contributed by atoms with Gasteiger partial charge in [-0.1, -0.05) is 0 Å². The largest absolute Gasteiger partial charge is 0.477 e. The van der Waals surface area contributed by atoms with Crippen molar-refractivity contribution in [3.8, 4) is 0 Å². The predicted octanol–water partition coefficient (Wildman–Crippen LogP) is -10.3. The zero-order chi connectivity index (χ0) is 43.6. The normalized spacial score (nSPS) is 45.0. The SMILES string of the molecule is CC(=O)N[C@@H]1[C@@H](O[C@H]2[C@@H](O)[C@@H](CO)O[C@@H](O[C@H]3[C@H](O)[C@H](O)[C@@H](O[C@H]4[C@@H]([C@H](O)CO)O[C@@](O)(C(=O)O)C[C@H]4OP(=O)(O)O)O[C@@H]3[C@@H](O)CO)[C@@H]2O)O[C@H](CO)[C@@H](O)[C@@H]1O. The minimum Gasteiger partial charge on any atom is -0.477 e. The van der Waals surface area contributed by atoms with Crippen LogP contribution in [0, 0.1) is 0 Å². The first kappa shape index (κ1) is 48.9. The van der Waals surface area contributed by atoms with E-state index in [1.54, 1.807) is 0 Å². The fourth-order valence-corrected chi connectivity index (χ4v) is 7.39. The van der Waals surface area contributed by atoms with Gasteiger partial charge in [0.25, 0.3) is 5.79 Å². The number of phosphoric acid groups is 1. The van der Waals surface area contributed by atoms with Gasteiger partial charge in [0, 0.05) is 13.3 Å². The van der Waals surface area contributed by atoms with Gasteiger partial charge in [0.1, 0.15) is 104 Å². The molecule has 1 amide bonds. The number of carboxylic acid groups (broad SMARTS) is 1. The molecule has 4 saturated heterocycles. The van der Waals surface area contributed by atoms with Crippen molar-refractivity contribution in [2.75, 3.05) is 26.4 Å². The number of amides is 1. The van der Waals surface area contributed by atoms with Crippen LogP contribution >= 0.6 is 7.82 Å². The number of aliphatic carboxylic acids is 1. The highest BCUT2D eigenvalue weighted by atomic mass is 31.2. The summed E-state index contributed by atoms with van der Waals surface area (Å²) in [5, 5.41) is 148. The van der Waals surface area contributed by atoms with E-state index < -0.39 is 181 Å². The third-order valence-electron chi connectivity index (χ3n) is 9.77. The maximum atomic E-state index is 11.9. The van der Waals surface area contributed by atoms with E-state index in [-0.39, 0.29) is 0 Å². The molecule has 17 N–H and O–H groups in total. The molecular weight excluding hydrogens is 825 g/mol. The van der Waals surface area contributed by atoms with Crippen LogP contribution in [0.5, 0.6) is 0 Å². The number of nitrogens with one attached hydrogen (secondary N) is 1. The third kappa shape index (κ3) is 10.8. The molecule has 58 heavy (non-hydrogen) atoms. The summed E-state index contributed by atoms with van der Waals surface area (Å²) in [6.07, 6.45) is -40.4. The van der Waals surface area contributed by atoms with Crippen LogP contribution in [0.4, 0.5) is 0 Å². The van der Waals surface area contributed by atoms with Gasteiger partial charge in [-0.2, -0.15) is 0 Å². The number of aliphatic hydroxyl groups is 13. The number of phosphoric ester groups is 1. The number of carboxylic acids is 1. The Balaban J connectivity index is 1.62. The predicted molar refractivity (Wildman–Crippen MR) is 174 cm³/mol. The van der Waals surface area contributed by atoms with Crippen molar-refractivity contribution in [1.29, 1.82) is 0 Å². The van der Waals surface area contributed by atoms with Crippen molar-refractivity contribution < 1.29 is 133 Å². The maximum Gasteiger partial charge on any atom is 0.469 e. The second-order valence-electron chi connectivity index (χ2n) is 13.9. The van der Waals surface area contributed by atoms with Crippen LogP contribution in [-0.2, 0) is 51.8 Å². The molecule has 28 nitrogen and oxygen atoms in total. The summed E-state index contributed by atoms with van der Waals surface area (Å²) in [5.74, 6) is -6.20. The van der Waals surface area contributed by atoms with Crippen LogP contribution in [0.15, 0.2) is 0 Å². The zero-order valence-corrected chi connectivity index (χ0v) is 31.1. The van der Waals surface area contributed by atoms with Crippen LogP contribution in [0.25, 0.3) is 0 Å². The van der Waals surface area contributed by atoms with Gasteiger partial charge >= 0.3 is 13.8 Å². The Hall–Kier alpha value is -1.75. The molecule has 0 aromatic heterocycles. The summed E-state index contributed by atoms with van der Waals surface area (Å²) >= 11 is 0. The number of hydrogen-bond acceptors (Lipinski definition) is 24. The van der Waals surface area contributed by atoms with E-state index in [1.807, 2.05) is 0 Å². The number of hydrogen-bond donors (Lipinski definition) is 17. The van der Waals surface area contributed by atoms with Gasteiger partial charge in [-0.15, -0.1) is 0 Å². The molecule has 0 radical (unpaired) electrons. The van der Waals surface area contributed by atoms with E-state index in [2.05, 4.69) is 9.84 Å². The molecule has 0 unspecified atom stereocenters. The highest BCUT2D eigenvalue weighted by Gasteiger charge is 2.59. The second-order valence-corrected chi connectivity index (χ2v) is 15.1. The Bertz CT molecular complexity index is 1410. The molecule has 0 saturated carbocycles. The summed E-state index contributed by atoms with van der Waals surface area (Å²) in [4.78, 5) is 42.7. The van der Waals surface area contributed by atoms with Gasteiger partial charge in [0.05, 0.1) is 26.4 Å². The minimum absolute atomic E-state index is 0.762. The summed E-state index contributed by atoms with van der Waals surface area (Å²) in [6, 6.07) is -1.59. The summed E-state index contributed by atoms with van der Waals surface area (Å²) in [6.45, 7) is -3.29. The molecule has 338 valence electrons. The van der Waals surface area contributed by atoms with Crippen molar-refractivity contribution >= 4 is 19.7 Å². The van der Waals surface area contributed by atoms with Gasteiger partial charge in [0.2, 0.25) is 5.91 Å². The minimum atomic E-state index is -5.60. The molecule has 0 aromatic rings. The zero-order valence-electron chi connectivity index (χ0n) is 30.2. The quantitative estimate of drug-likeness (QED) is 0.0640. The van der Waals surface area contributed by atoms with Crippen molar-refractivity contribution in [1.82, 2.24) is 5.32 Å². The molecule has 4 aliphatic heterocycles. The highest BCUT2D eigenvalue weighted by molar-refractivity contribution is 7.46. The van der Waals surface area contributed by atoms with Crippen LogP contribution in [0.3, 0.4) is 0 Å². The Morgan fingerprint density at radius 1 is 0.724 bits per heavy atom. The summed E-state index contributed by atoms with van der Waals surface area (Å²) in [7, 11) is -5.60. The standard InChI is InChI=1S/C29H50NO27P/c1-7(35)30-13-16(40)14(38)11(5-33)50-25(13)54-23-15(39)12(6-34)51-27(19(23)43)55-24-17(41)18(42)26(52-20(24)8(36)3-31)53-22-10(57-58(47,48)49)2-29(46,28(44)45)56-21(22)9(37)4-32/h8-27,31-34,36-43,46H,2-6H2,1H3,(H,30,35)(H,44,45)(H2,47,48,49)/t8-,9+,10+,11+,12+,13-,14+,15-,16+,17+,18-,19+,20+,21+,22+,23-,24-,25+,26+,27-,29+/m0/s1. The van der Waals surface area contributed by atoms with E-state index in [0.717, 1.165) is 6.92 Å². The first-order chi connectivity index (χ1) is 27.0. The van der Waals surface area contributed by atoms with E-state index in [4.69, 9.17) is 33.2 Å². The van der Waals surface area contributed by atoms with Crippen molar-refractivity contribution in [3.05, 3.63) is 0 Å².